The van der Waals surface area contributed by atoms with Crippen LogP contribution in [-0.2, 0) is 9.53 Å². The Labute approximate surface area is 94.8 Å². The van der Waals surface area contributed by atoms with Crippen molar-refractivity contribution in [2.75, 3.05) is 6.61 Å². The van der Waals surface area contributed by atoms with Gasteiger partial charge >= 0.3 is 5.97 Å². The topological polar surface area (TPSA) is 56.3 Å². The SMILES string of the molecule is O=C1OCCC1C(=O)c1ccc(Br)cn1. The molecule has 0 aliphatic carbocycles. The first kappa shape index (κ1) is 10.3. The number of pyridine rings is 1. The first-order chi connectivity index (χ1) is 7.18. The third-order valence-electron chi connectivity index (χ3n) is 2.23. The first-order valence-corrected chi connectivity index (χ1v) is 5.30. The van der Waals surface area contributed by atoms with Gasteiger partial charge in [0.15, 0.2) is 5.78 Å². The smallest absolute Gasteiger partial charge is 0.317 e. The fourth-order valence-electron chi connectivity index (χ4n) is 1.43. The summed E-state index contributed by atoms with van der Waals surface area (Å²) in [4.78, 5) is 26.9. The van der Waals surface area contributed by atoms with Gasteiger partial charge in [0.1, 0.15) is 11.6 Å². The molecule has 1 aromatic heterocycles. The number of halogens is 1. The maximum Gasteiger partial charge on any atom is 0.317 e. The van der Waals surface area contributed by atoms with E-state index in [-0.39, 0.29) is 5.78 Å². The van der Waals surface area contributed by atoms with Crippen molar-refractivity contribution < 1.29 is 14.3 Å². The van der Waals surface area contributed by atoms with E-state index in [0.717, 1.165) is 4.47 Å². The van der Waals surface area contributed by atoms with Crippen LogP contribution in [0.25, 0.3) is 0 Å². The van der Waals surface area contributed by atoms with Crippen LogP contribution in [0.15, 0.2) is 22.8 Å². The second-order valence-electron chi connectivity index (χ2n) is 3.23. The number of ketones is 1. The second kappa shape index (κ2) is 4.10. The fraction of sp³-hybridized carbons (Fsp3) is 0.300. The van der Waals surface area contributed by atoms with E-state index in [2.05, 4.69) is 20.9 Å². The molecule has 2 heterocycles. The van der Waals surface area contributed by atoms with E-state index in [1.807, 2.05) is 0 Å². The van der Waals surface area contributed by atoms with E-state index in [0.29, 0.717) is 18.7 Å². The van der Waals surface area contributed by atoms with Gasteiger partial charge in [0.05, 0.1) is 6.61 Å². The summed E-state index contributed by atoms with van der Waals surface area (Å²) in [5.41, 5.74) is 0.307. The minimum atomic E-state index is -0.668. The molecule has 1 fully saturated rings. The summed E-state index contributed by atoms with van der Waals surface area (Å²) in [5, 5.41) is 0. The van der Waals surface area contributed by atoms with Crippen LogP contribution in [0.5, 0.6) is 0 Å². The lowest BCUT2D eigenvalue weighted by Crippen LogP contribution is -2.20. The van der Waals surface area contributed by atoms with Crippen LogP contribution in [0.4, 0.5) is 0 Å². The van der Waals surface area contributed by atoms with Crippen LogP contribution < -0.4 is 0 Å². The second-order valence-corrected chi connectivity index (χ2v) is 4.15. The molecule has 0 amide bonds. The number of cyclic esters (lactones) is 1. The maximum atomic E-state index is 11.8. The minimum Gasteiger partial charge on any atom is -0.465 e. The molecule has 78 valence electrons. The molecule has 0 radical (unpaired) electrons. The molecule has 1 atom stereocenters. The molecule has 1 aliphatic rings. The molecule has 1 aromatic rings. The van der Waals surface area contributed by atoms with Gasteiger partial charge in [0.25, 0.3) is 0 Å². The quantitative estimate of drug-likeness (QED) is 0.465. The van der Waals surface area contributed by atoms with Crippen molar-refractivity contribution in [2.45, 2.75) is 6.42 Å². The van der Waals surface area contributed by atoms with Crippen LogP contribution in [-0.4, -0.2) is 23.3 Å². The van der Waals surface area contributed by atoms with Crippen molar-refractivity contribution in [2.24, 2.45) is 5.92 Å². The normalized spacial score (nSPS) is 20.1. The zero-order valence-electron chi connectivity index (χ0n) is 7.77. The molecule has 5 heteroatoms. The highest BCUT2D eigenvalue weighted by atomic mass is 79.9. The Morgan fingerprint density at radius 2 is 2.33 bits per heavy atom. The molecule has 0 aromatic carbocycles. The molecule has 1 unspecified atom stereocenters. The number of hydrogen-bond acceptors (Lipinski definition) is 4. The number of Topliss-reactive ketones (excluding diaryl/α,β-unsaturated/α-hetero) is 1. The molecule has 15 heavy (non-hydrogen) atoms. The van der Waals surface area contributed by atoms with E-state index >= 15 is 0 Å². The minimum absolute atomic E-state index is 0.259. The Balaban J connectivity index is 2.20. The largest absolute Gasteiger partial charge is 0.465 e. The molecule has 2 rings (SSSR count). The Morgan fingerprint density at radius 1 is 1.53 bits per heavy atom. The van der Waals surface area contributed by atoms with Gasteiger partial charge in [0.2, 0.25) is 0 Å². The highest BCUT2D eigenvalue weighted by Gasteiger charge is 2.34. The predicted octanol–water partition coefficient (Wildman–Crippen LogP) is 1.59. The summed E-state index contributed by atoms with van der Waals surface area (Å²) < 4.78 is 5.53. The molecule has 1 aliphatic heterocycles. The van der Waals surface area contributed by atoms with Crippen molar-refractivity contribution >= 4 is 27.7 Å². The van der Waals surface area contributed by atoms with Crippen LogP contribution in [0.1, 0.15) is 16.9 Å². The zero-order chi connectivity index (χ0) is 10.8. The van der Waals surface area contributed by atoms with E-state index in [1.54, 1.807) is 12.1 Å². The number of esters is 1. The number of carbonyl (C=O) groups is 2. The maximum absolute atomic E-state index is 11.8. The number of rotatable bonds is 2. The first-order valence-electron chi connectivity index (χ1n) is 4.51. The Hall–Kier alpha value is -1.23. The molecule has 0 saturated carbocycles. The average Bonchev–Trinajstić information content (AvgIpc) is 2.65. The summed E-state index contributed by atoms with van der Waals surface area (Å²) in [7, 11) is 0. The van der Waals surface area contributed by atoms with Gasteiger partial charge in [-0.1, -0.05) is 0 Å². The van der Waals surface area contributed by atoms with Crippen LogP contribution in [0, 0.1) is 5.92 Å². The Morgan fingerprint density at radius 3 is 2.87 bits per heavy atom. The summed E-state index contributed by atoms with van der Waals surface area (Å²) in [6.45, 7) is 0.325. The molecular weight excluding hydrogens is 262 g/mol. The monoisotopic (exact) mass is 269 g/mol. The number of nitrogens with zero attached hydrogens (tertiary/aromatic N) is 1. The van der Waals surface area contributed by atoms with Crippen molar-refractivity contribution in [1.82, 2.24) is 4.98 Å². The van der Waals surface area contributed by atoms with Gasteiger partial charge in [-0.3, -0.25) is 14.6 Å². The van der Waals surface area contributed by atoms with Gasteiger partial charge in [-0.25, -0.2) is 0 Å². The number of aromatic nitrogens is 1. The number of carbonyl (C=O) groups excluding carboxylic acids is 2. The molecule has 1 saturated heterocycles. The van der Waals surface area contributed by atoms with Crippen LogP contribution in [0.3, 0.4) is 0 Å². The summed E-state index contributed by atoms with van der Waals surface area (Å²) in [5.74, 6) is -1.37. The van der Waals surface area contributed by atoms with Crippen molar-refractivity contribution in [3.05, 3.63) is 28.5 Å². The zero-order valence-corrected chi connectivity index (χ0v) is 9.36. The van der Waals surface area contributed by atoms with E-state index in [4.69, 9.17) is 4.74 Å². The van der Waals surface area contributed by atoms with E-state index < -0.39 is 11.9 Å². The van der Waals surface area contributed by atoms with Gasteiger partial charge in [-0.15, -0.1) is 0 Å². The molecule has 4 nitrogen and oxygen atoms in total. The Kier molecular flexibility index (Phi) is 2.81. The van der Waals surface area contributed by atoms with Crippen molar-refractivity contribution in [1.29, 1.82) is 0 Å². The van der Waals surface area contributed by atoms with Gasteiger partial charge in [-0.05, 0) is 28.1 Å². The lowest BCUT2D eigenvalue weighted by molar-refractivity contribution is -0.140. The molecule has 0 N–H and O–H groups in total. The van der Waals surface area contributed by atoms with Gasteiger partial charge < -0.3 is 4.74 Å². The van der Waals surface area contributed by atoms with E-state index in [1.165, 1.54) is 6.20 Å². The van der Waals surface area contributed by atoms with Gasteiger partial charge in [0, 0.05) is 17.1 Å². The van der Waals surface area contributed by atoms with Crippen molar-refractivity contribution in [3.8, 4) is 0 Å². The molecular formula is C10H8BrNO3. The standard InChI is InChI=1S/C10H8BrNO3/c11-6-1-2-8(12-5-6)9(13)7-3-4-15-10(7)14/h1-2,5,7H,3-4H2. The molecule has 0 bridgehead atoms. The third kappa shape index (κ3) is 2.07. The third-order valence-corrected chi connectivity index (χ3v) is 2.70. The fourth-order valence-corrected chi connectivity index (χ4v) is 1.67. The van der Waals surface area contributed by atoms with Crippen molar-refractivity contribution in [3.63, 3.8) is 0 Å². The lowest BCUT2D eigenvalue weighted by Gasteiger charge is -2.03. The highest BCUT2D eigenvalue weighted by molar-refractivity contribution is 9.10. The van der Waals surface area contributed by atoms with Crippen LogP contribution >= 0.6 is 15.9 Å². The number of hydrogen-bond donors (Lipinski definition) is 0. The Bertz CT molecular complexity index is 402. The molecule has 0 spiro atoms. The highest BCUT2D eigenvalue weighted by Crippen LogP contribution is 2.19. The summed E-state index contributed by atoms with van der Waals surface area (Å²) in [6, 6.07) is 3.32. The summed E-state index contributed by atoms with van der Waals surface area (Å²) in [6.07, 6.45) is 1.99. The van der Waals surface area contributed by atoms with E-state index in [9.17, 15) is 9.59 Å². The predicted molar refractivity (Wildman–Crippen MR) is 55.3 cm³/mol. The van der Waals surface area contributed by atoms with Gasteiger partial charge in [-0.2, -0.15) is 0 Å². The lowest BCUT2D eigenvalue weighted by atomic mass is 10.00. The van der Waals surface area contributed by atoms with Crippen LogP contribution in [0.2, 0.25) is 0 Å². The average molecular weight is 270 g/mol. The number of ether oxygens (including phenoxy) is 1. The summed E-state index contributed by atoms with van der Waals surface area (Å²) >= 11 is 3.22.